The van der Waals surface area contributed by atoms with E-state index < -0.39 is 0 Å². The van der Waals surface area contributed by atoms with Crippen molar-refractivity contribution in [2.24, 2.45) is 0 Å². The third-order valence-corrected chi connectivity index (χ3v) is 2.09. The Bertz CT molecular complexity index is 298. The second-order valence-electron chi connectivity index (χ2n) is 2.92. The van der Waals surface area contributed by atoms with Crippen LogP contribution in [0.5, 0.6) is 0 Å². The minimum absolute atomic E-state index is 0.180. The van der Waals surface area contributed by atoms with Gasteiger partial charge in [-0.2, -0.15) is 0 Å². The van der Waals surface area contributed by atoms with Gasteiger partial charge in [-0.3, -0.25) is 0 Å². The summed E-state index contributed by atoms with van der Waals surface area (Å²) in [6, 6.07) is 9.22. The van der Waals surface area contributed by atoms with E-state index in [0.29, 0.717) is 11.1 Å². The van der Waals surface area contributed by atoms with Gasteiger partial charge in [-0.15, -0.1) is 0 Å². The first-order valence-electron chi connectivity index (χ1n) is 4.42. The van der Waals surface area contributed by atoms with Crippen LogP contribution in [0.2, 0.25) is 0 Å². The number of hydrogen-bond donors (Lipinski definition) is 3. The van der Waals surface area contributed by atoms with Crippen LogP contribution in [0.3, 0.4) is 0 Å². The highest BCUT2D eigenvalue weighted by Gasteiger charge is 2.06. The fraction of sp³-hybridized carbons (Fsp3) is 0.273. The van der Waals surface area contributed by atoms with Crippen molar-refractivity contribution in [1.82, 2.24) is 0 Å². The van der Waals surface area contributed by atoms with Gasteiger partial charge in [0.2, 0.25) is 0 Å². The lowest BCUT2D eigenvalue weighted by Gasteiger charge is -2.09. The predicted octanol–water partition coefficient (Wildman–Crippen LogP) is 0.417. The standard InChI is InChI=1S/C11H14O3/c12-6-10(7-13)11(8-14)9-4-2-1-3-5-9/h1-5,12-14H,6-8H2. The van der Waals surface area contributed by atoms with Crippen LogP contribution in [-0.4, -0.2) is 35.1 Å². The monoisotopic (exact) mass is 194 g/mol. The van der Waals surface area contributed by atoms with Crippen molar-refractivity contribution >= 4 is 5.57 Å². The van der Waals surface area contributed by atoms with Crippen LogP contribution in [0.25, 0.3) is 5.57 Å². The highest BCUT2D eigenvalue weighted by atomic mass is 16.3. The van der Waals surface area contributed by atoms with E-state index in [1.54, 1.807) is 0 Å². The van der Waals surface area contributed by atoms with Crippen molar-refractivity contribution < 1.29 is 15.3 Å². The summed E-state index contributed by atoms with van der Waals surface area (Å²) < 4.78 is 0. The molecule has 0 saturated heterocycles. The van der Waals surface area contributed by atoms with Crippen molar-refractivity contribution in [1.29, 1.82) is 0 Å². The minimum Gasteiger partial charge on any atom is -0.392 e. The fourth-order valence-corrected chi connectivity index (χ4v) is 1.29. The third kappa shape index (κ3) is 2.42. The molecule has 0 atom stereocenters. The lowest BCUT2D eigenvalue weighted by molar-refractivity contribution is 0.273. The number of benzene rings is 1. The molecule has 3 N–H and O–H groups in total. The van der Waals surface area contributed by atoms with Crippen LogP contribution in [0.15, 0.2) is 35.9 Å². The SMILES string of the molecule is OCC(CO)=C(CO)c1ccccc1. The van der Waals surface area contributed by atoms with E-state index >= 15 is 0 Å². The van der Waals surface area contributed by atoms with Gasteiger partial charge in [-0.05, 0) is 16.7 Å². The van der Waals surface area contributed by atoms with Gasteiger partial charge >= 0.3 is 0 Å². The summed E-state index contributed by atoms with van der Waals surface area (Å²) >= 11 is 0. The second kappa shape index (κ2) is 5.54. The van der Waals surface area contributed by atoms with Gasteiger partial charge in [0, 0.05) is 0 Å². The van der Waals surface area contributed by atoms with Crippen molar-refractivity contribution in [2.45, 2.75) is 0 Å². The molecule has 0 fully saturated rings. The quantitative estimate of drug-likeness (QED) is 0.651. The van der Waals surface area contributed by atoms with E-state index in [0.717, 1.165) is 5.56 Å². The molecular weight excluding hydrogens is 180 g/mol. The maximum atomic E-state index is 9.13. The minimum atomic E-state index is -0.235. The molecule has 0 radical (unpaired) electrons. The summed E-state index contributed by atoms with van der Waals surface area (Å²) in [6.45, 7) is -0.650. The molecule has 0 spiro atoms. The van der Waals surface area contributed by atoms with E-state index in [4.69, 9.17) is 15.3 Å². The molecule has 1 aromatic rings. The van der Waals surface area contributed by atoms with Crippen LogP contribution < -0.4 is 0 Å². The van der Waals surface area contributed by atoms with Gasteiger partial charge in [0.05, 0.1) is 19.8 Å². The van der Waals surface area contributed by atoms with E-state index in [1.807, 2.05) is 30.3 Å². The van der Waals surface area contributed by atoms with Crippen LogP contribution in [0, 0.1) is 0 Å². The lowest BCUT2D eigenvalue weighted by atomic mass is 10.0. The highest BCUT2D eigenvalue weighted by molar-refractivity contribution is 5.69. The summed E-state index contributed by atoms with van der Waals surface area (Å²) in [5, 5.41) is 27.1. The number of hydrogen-bond acceptors (Lipinski definition) is 3. The van der Waals surface area contributed by atoms with E-state index in [-0.39, 0.29) is 19.8 Å². The largest absolute Gasteiger partial charge is 0.392 e. The van der Waals surface area contributed by atoms with Crippen molar-refractivity contribution in [3.05, 3.63) is 41.5 Å². The normalized spacial score (nSPS) is 9.93. The van der Waals surface area contributed by atoms with E-state index in [1.165, 1.54) is 0 Å². The Hall–Kier alpha value is -1.16. The zero-order valence-corrected chi connectivity index (χ0v) is 7.85. The Labute approximate surface area is 82.9 Å². The smallest absolute Gasteiger partial charge is 0.0688 e. The van der Waals surface area contributed by atoms with Crippen LogP contribution in [0.4, 0.5) is 0 Å². The molecule has 14 heavy (non-hydrogen) atoms. The molecule has 3 nitrogen and oxygen atoms in total. The van der Waals surface area contributed by atoms with Gasteiger partial charge < -0.3 is 15.3 Å². The second-order valence-corrected chi connectivity index (χ2v) is 2.92. The fourth-order valence-electron chi connectivity index (χ4n) is 1.29. The molecule has 0 heterocycles. The van der Waals surface area contributed by atoms with Crippen molar-refractivity contribution in [2.75, 3.05) is 19.8 Å². The molecule has 1 aromatic carbocycles. The molecule has 0 amide bonds. The Balaban J connectivity index is 3.09. The van der Waals surface area contributed by atoms with Gasteiger partial charge in [-0.25, -0.2) is 0 Å². The molecule has 0 aliphatic carbocycles. The zero-order chi connectivity index (χ0) is 10.4. The maximum Gasteiger partial charge on any atom is 0.0688 e. The zero-order valence-electron chi connectivity index (χ0n) is 7.85. The summed E-state index contributed by atoms with van der Waals surface area (Å²) in [6.07, 6.45) is 0. The third-order valence-electron chi connectivity index (χ3n) is 2.09. The summed E-state index contributed by atoms with van der Waals surface area (Å²) in [7, 11) is 0. The first-order chi connectivity index (χ1) is 6.83. The summed E-state index contributed by atoms with van der Waals surface area (Å²) in [4.78, 5) is 0. The lowest BCUT2D eigenvalue weighted by Crippen LogP contribution is -2.04. The van der Waals surface area contributed by atoms with Crippen LogP contribution >= 0.6 is 0 Å². The molecule has 0 bridgehead atoms. The van der Waals surface area contributed by atoms with Gasteiger partial charge in [0.15, 0.2) is 0 Å². The summed E-state index contributed by atoms with van der Waals surface area (Å²) in [5.41, 5.74) is 1.88. The Kier molecular flexibility index (Phi) is 4.32. The number of rotatable bonds is 4. The molecule has 0 aromatic heterocycles. The first kappa shape index (κ1) is 10.9. The van der Waals surface area contributed by atoms with E-state index in [2.05, 4.69) is 0 Å². The highest BCUT2D eigenvalue weighted by Crippen LogP contribution is 2.17. The first-order valence-corrected chi connectivity index (χ1v) is 4.42. The maximum absolute atomic E-state index is 9.13. The van der Waals surface area contributed by atoms with Crippen molar-refractivity contribution in [3.8, 4) is 0 Å². The van der Waals surface area contributed by atoms with Crippen LogP contribution in [0.1, 0.15) is 5.56 Å². The average molecular weight is 194 g/mol. The van der Waals surface area contributed by atoms with Crippen molar-refractivity contribution in [3.63, 3.8) is 0 Å². The average Bonchev–Trinajstić information content (AvgIpc) is 2.27. The van der Waals surface area contributed by atoms with Crippen LogP contribution in [-0.2, 0) is 0 Å². The Morgan fingerprint density at radius 3 is 1.86 bits per heavy atom. The molecule has 1 rings (SSSR count). The van der Waals surface area contributed by atoms with Gasteiger partial charge in [0.25, 0.3) is 0 Å². The molecule has 3 heteroatoms. The molecular formula is C11H14O3. The molecule has 0 saturated carbocycles. The topological polar surface area (TPSA) is 60.7 Å². The van der Waals surface area contributed by atoms with Gasteiger partial charge in [0.1, 0.15) is 0 Å². The Morgan fingerprint density at radius 1 is 0.857 bits per heavy atom. The molecule has 0 aliphatic rings. The Morgan fingerprint density at radius 2 is 1.43 bits per heavy atom. The van der Waals surface area contributed by atoms with E-state index in [9.17, 15) is 0 Å². The molecule has 0 aliphatic heterocycles. The predicted molar refractivity (Wildman–Crippen MR) is 54.6 cm³/mol. The molecule has 76 valence electrons. The number of aliphatic hydroxyl groups is 3. The van der Waals surface area contributed by atoms with Gasteiger partial charge in [-0.1, -0.05) is 30.3 Å². The molecule has 0 unspecified atom stereocenters. The number of aliphatic hydroxyl groups excluding tert-OH is 3. The summed E-state index contributed by atoms with van der Waals surface area (Å²) in [5.74, 6) is 0.